The normalized spacial score (nSPS) is 14.7. The molecule has 1 amide bonds. The summed E-state index contributed by atoms with van der Waals surface area (Å²) in [7, 11) is 0. The van der Waals surface area contributed by atoms with Gasteiger partial charge in [-0.25, -0.2) is 9.18 Å². The molecule has 23 heavy (non-hydrogen) atoms. The van der Waals surface area contributed by atoms with E-state index in [0.29, 0.717) is 11.5 Å². The van der Waals surface area contributed by atoms with Gasteiger partial charge in [-0.15, -0.1) is 0 Å². The Kier molecular flexibility index (Phi) is 3.94. The molecule has 5 heteroatoms. The molecule has 0 saturated heterocycles. The second-order valence-electron chi connectivity index (χ2n) is 6.15. The summed E-state index contributed by atoms with van der Waals surface area (Å²) in [4.78, 5) is 12.0. The third kappa shape index (κ3) is 3.62. The van der Waals surface area contributed by atoms with Gasteiger partial charge in [0.2, 0.25) is 0 Å². The van der Waals surface area contributed by atoms with Gasteiger partial charge in [-0.3, -0.25) is 0 Å². The molecule has 0 radical (unpaired) electrons. The Labute approximate surface area is 134 Å². The van der Waals surface area contributed by atoms with Crippen LogP contribution in [-0.2, 0) is 13.0 Å². The van der Waals surface area contributed by atoms with Crippen LogP contribution in [-0.4, -0.2) is 11.7 Å². The third-order valence-electron chi connectivity index (χ3n) is 3.61. The lowest BCUT2D eigenvalue weighted by atomic mass is 10.0. The number of ether oxygens (including phenoxy) is 2. The highest BCUT2D eigenvalue weighted by molar-refractivity contribution is 5.72. The van der Waals surface area contributed by atoms with Gasteiger partial charge in [0.1, 0.15) is 11.4 Å². The van der Waals surface area contributed by atoms with Crippen molar-refractivity contribution in [1.29, 1.82) is 0 Å². The summed E-state index contributed by atoms with van der Waals surface area (Å²) in [5, 5.41) is 2.64. The Bertz CT molecular complexity index is 726. The van der Waals surface area contributed by atoms with Crippen LogP contribution in [0, 0.1) is 5.82 Å². The van der Waals surface area contributed by atoms with Gasteiger partial charge in [0.15, 0.2) is 11.5 Å². The van der Waals surface area contributed by atoms with E-state index in [9.17, 15) is 9.18 Å². The smallest absolute Gasteiger partial charge is 0.413 e. The van der Waals surface area contributed by atoms with E-state index < -0.39 is 6.09 Å². The summed E-state index contributed by atoms with van der Waals surface area (Å²) >= 11 is 0. The minimum atomic E-state index is -0.573. The zero-order valence-corrected chi connectivity index (χ0v) is 13.1. The van der Waals surface area contributed by atoms with Gasteiger partial charge >= 0.3 is 6.09 Å². The van der Waals surface area contributed by atoms with Gasteiger partial charge < -0.3 is 14.8 Å². The molecule has 2 aromatic rings. The number of para-hydroxylation sites is 1. The van der Waals surface area contributed by atoms with Crippen LogP contribution < -0.4 is 14.8 Å². The average Bonchev–Trinajstić information content (AvgIpc) is 2.82. The summed E-state index contributed by atoms with van der Waals surface area (Å²) in [5.74, 6) is 0.718. The minimum absolute atomic E-state index is 0.264. The average molecular weight is 315 g/mol. The molecule has 120 valence electrons. The molecule has 0 bridgehead atoms. The maximum Gasteiger partial charge on any atom is 0.413 e. The summed E-state index contributed by atoms with van der Waals surface area (Å²) in [6, 6.07) is 11.4. The molecule has 1 N–H and O–H groups in total. The van der Waals surface area contributed by atoms with E-state index in [0.717, 1.165) is 17.5 Å². The van der Waals surface area contributed by atoms with E-state index in [-0.39, 0.29) is 18.0 Å². The molecule has 3 rings (SSSR count). The van der Waals surface area contributed by atoms with Gasteiger partial charge in [-0.2, -0.15) is 0 Å². The molecule has 4 nitrogen and oxygen atoms in total. The van der Waals surface area contributed by atoms with Crippen molar-refractivity contribution in [3.63, 3.8) is 0 Å². The highest BCUT2D eigenvalue weighted by atomic mass is 19.1. The second-order valence-corrected chi connectivity index (χ2v) is 6.15. The number of fused-ring (bicyclic) bond motifs is 1. The zero-order chi connectivity index (χ0) is 16.4. The molecular weight excluding hydrogens is 297 g/mol. The summed E-state index contributed by atoms with van der Waals surface area (Å²) < 4.78 is 24.0. The van der Waals surface area contributed by atoms with Crippen LogP contribution in [0.15, 0.2) is 42.5 Å². The SMILES string of the molecule is CC1(C)Cc2cccc(OC(=O)NCc3ccc(F)cc3)c2O1. The van der Waals surface area contributed by atoms with Crippen LogP contribution in [0.25, 0.3) is 0 Å². The van der Waals surface area contributed by atoms with Gasteiger partial charge in [0, 0.05) is 18.5 Å². The van der Waals surface area contributed by atoms with E-state index in [4.69, 9.17) is 9.47 Å². The standard InChI is InChI=1S/C18H18FNO3/c1-18(2)10-13-4-3-5-15(16(13)23-18)22-17(21)20-11-12-6-8-14(19)9-7-12/h3-9H,10-11H2,1-2H3,(H,20,21). The molecule has 1 heterocycles. The van der Waals surface area contributed by atoms with E-state index in [1.807, 2.05) is 26.0 Å². The van der Waals surface area contributed by atoms with E-state index in [1.165, 1.54) is 12.1 Å². The third-order valence-corrected chi connectivity index (χ3v) is 3.61. The quantitative estimate of drug-likeness (QED) is 0.936. The topological polar surface area (TPSA) is 47.6 Å². The van der Waals surface area contributed by atoms with Crippen LogP contribution in [0.4, 0.5) is 9.18 Å². The van der Waals surface area contributed by atoms with Crippen molar-refractivity contribution >= 4 is 6.09 Å². The number of amides is 1. The Balaban J connectivity index is 1.63. The molecule has 0 fully saturated rings. The van der Waals surface area contributed by atoms with Crippen molar-refractivity contribution in [2.24, 2.45) is 0 Å². The summed E-state index contributed by atoms with van der Waals surface area (Å²) in [5.41, 5.74) is 1.52. The van der Waals surface area contributed by atoms with Crippen LogP contribution in [0.5, 0.6) is 11.5 Å². The Hall–Kier alpha value is -2.56. The number of hydrogen-bond donors (Lipinski definition) is 1. The van der Waals surface area contributed by atoms with Gasteiger partial charge in [0.25, 0.3) is 0 Å². The van der Waals surface area contributed by atoms with E-state index in [2.05, 4.69) is 5.32 Å². The zero-order valence-electron chi connectivity index (χ0n) is 13.1. The van der Waals surface area contributed by atoms with Gasteiger partial charge in [0.05, 0.1) is 0 Å². The maximum absolute atomic E-state index is 12.8. The number of benzene rings is 2. The first-order valence-corrected chi connectivity index (χ1v) is 7.44. The fourth-order valence-corrected chi connectivity index (χ4v) is 2.58. The molecule has 0 unspecified atom stereocenters. The van der Waals surface area contributed by atoms with Crippen LogP contribution >= 0.6 is 0 Å². The van der Waals surface area contributed by atoms with E-state index in [1.54, 1.807) is 18.2 Å². The van der Waals surface area contributed by atoms with Crippen molar-refractivity contribution in [3.05, 3.63) is 59.4 Å². The lowest BCUT2D eigenvalue weighted by Gasteiger charge is -2.18. The largest absolute Gasteiger partial charge is 0.483 e. The predicted octanol–water partition coefficient (Wildman–Crippen LogP) is 3.83. The number of halogens is 1. The van der Waals surface area contributed by atoms with Crippen molar-refractivity contribution in [3.8, 4) is 11.5 Å². The monoisotopic (exact) mass is 315 g/mol. The number of nitrogens with one attached hydrogen (secondary N) is 1. The molecule has 0 saturated carbocycles. The van der Waals surface area contributed by atoms with Crippen molar-refractivity contribution < 1.29 is 18.7 Å². The Morgan fingerprint density at radius 1 is 1.26 bits per heavy atom. The molecule has 2 aromatic carbocycles. The second kappa shape index (κ2) is 5.91. The molecule has 0 spiro atoms. The number of carbonyl (C=O) groups excluding carboxylic acids is 1. The fourth-order valence-electron chi connectivity index (χ4n) is 2.58. The lowest BCUT2D eigenvalue weighted by Crippen LogP contribution is -2.27. The van der Waals surface area contributed by atoms with Crippen molar-refractivity contribution in [1.82, 2.24) is 5.32 Å². The maximum atomic E-state index is 12.8. The first-order chi connectivity index (χ1) is 10.9. The van der Waals surface area contributed by atoms with Crippen LogP contribution in [0.2, 0.25) is 0 Å². The van der Waals surface area contributed by atoms with Crippen LogP contribution in [0.3, 0.4) is 0 Å². The van der Waals surface area contributed by atoms with Gasteiger partial charge in [-0.05, 0) is 37.6 Å². The summed E-state index contributed by atoms with van der Waals surface area (Å²) in [6.07, 6.45) is 0.201. The van der Waals surface area contributed by atoms with Crippen molar-refractivity contribution in [2.75, 3.05) is 0 Å². The molecule has 0 aromatic heterocycles. The lowest BCUT2D eigenvalue weighted by molar-refractivity contribution is 0.133. The Morgan fingerprint density at radius 3 is 2.74 bits per heavy atom. The van der Waals surface area contributed by atoms with Crippen molar-refractivity contribution in [2.45, 2.75) is 32.4 Å². The van der Waals surface area contributed by atoms with E-state index >= 15 is 0 Å². The fraction of sp³-hybridized carbons (Fsp3) is 0.278. The molecule has 1 aliphatic rings. The molecule has 1 aliphatic heterocycles. The van der Waals surface area contributed by atoms with Gasteiger partial charge in [-0.1, -0.05) is 24.3 Å². The number of carbonyl (C=O) groups is 1. The van der Waals surface area contributed by atoms with Crippen LogP contribution in [0.1, 0.15) is 25.0 Å². The molecule has 0 atom stereocenters. The minimum Gasteiger partial charge on any atom is -0.483 e. The highest BCUT2D eigenvalue weighted by Gasteiger charge is 2.32. The first-order valence-electron chi connectivity index (χ1n) is 7.44. The summed E-state index contributed by atoms with van der Waals surface area (Å²) in [6.45, 7) is 4.25. The predicted molar refractivity (Wildman–Crippen MR) is 84.1 cm³/mol. The Morgan fingerprint density at radius 2 is 2.00 bits per heavy atom. The molecule has 0 aliphatic carbocycles. The number of hydrogen-bond acceptors (Lipinski definition) is 3. The number of rotatable bonds is 3. The molecular formula is C18H18FNO3. The highest BCUT2D eigenvalue weighted by Crippen LogP contribution is 2.41. The first kappa shape index (κ1) is 15.3.